The molecule has 1 aromatic carbocycles. The molecular weight excluding hydrogens is 409 g/mol. The summed E-state index contributed by atoms with van der Waals surface area (Å²) >= 11 is 6.55. The minimum atomic E-state index is -4.71. The normalized spacial score (nSPS) is 11.3. The largest absolute Gasteiger partial charge is 0.456 e. The summed E-state index contributed by atoms with van der Waals surface area (Å²) < 4.78 is 45.0. The van der Waals surface area contributed by atoms with Gasteiger partial charge in [-0.1, -0.05) is 22.9 Å². The van der Waals surface area contributed by atoms with E-state index in [0.717, 1.165) is 17.4 Å². The number of aryl methyl sites for hydroxylation is 1. The molecule has 0 aliphatic carbocycles. The molecule has 0 radical (unpaired) electrons. The van der Waals surface area contributed by atoms with Crippen LogP contribution in [-0.2, 0) is 27.0 Å². The molecule has 6 nitrogen and oxygen atoms in total. The van der Waals surface area contributed by atoms with E-state index in [4.69, 9.17) is 16.3 Å². The van der Waals surface area contributed by atoms with Gasteiger partial charge in [0.05, 0.1) is 17.7 Å². The molecule has 0 aliphatic rings. The molecule has 146 valence electrons. The Morgan fingerprint density at radius 3 is 2.63 bits per heavy atom. The van der Waals surface area contributed by atoms with Crippen LogP contribution < -0.4 is 10.2 Å². The van der Waals surface area contributed by atoms with Crippen LogP contribution in [0.1, 0.15) is 17.7 Å². The molecule has 27 heavy (non-hydrogen) atoms. The summed E-state index contributed by atoms with van der Waals surface area (Å²) in [7, 11) is 0. The van der Waals surface area contributed by atoms with E-state index in [0.29, 0.717) is 11.8 Å². The highest BCUT2D eigenvalue weighted by molar-refractivity contribution is 7.07. The molecule has 1 aromatic heterocycles. The summed E-state index contributed by atoms with van der Waals surface area (Å²) in [5, 5.41) is 3.55. The maximum absolute atomic E-state index is 13.0. The first-order valence-corrected chi connectivity index (χ1v) is 8.81. The van der Waals surface area contributed by atoms with Crippen molar-refractivity contribution in [3.8, 4) is 0 Å². The Kier molecular flexibility index (Phi) is 6.66. The number of nitrogens with one attached hydrogen (secondary N) is 1. The van der Waals surface area contributed by atoms with Crippen LogP contribution in [-0.4, -0.2) is 23.1 Å². The lowest BCUT2D eigenvalue weighted by molar-refractivity contribution is -0.147. The zero-order valence-corrected chi connectivity index (χ0v) is 15.5. The topological polar surface area (TPSA) is 77.4 Å². The first kappa shape index (κ1) is 21.0. The number of thiazole rings is 1. The van der Waals surface area contributed by atoms with Gasteiger partial charge in [0.25, 0.3) is 5.91 Å². The predicted molar refractivity (Wildman–Crippen MR) is 94.0 cm³/mol. The van der Waals surface area contributed by atoms with Crippen LogP contribution in [0.4, 0.5) is 18.9 Å². The fourth-order valence-electron chi connectivity index (χ4n) is 2.14. The zero-order valence-electron chi connectivity index (χ0n) is 13.9. The molecule has 2 rings (SSSR count). The Labute approximate surface area is 160 Å². The van der Waals surface area contributed by atoms with Crippen molar-refractivity contribution >= 4 is 40.5 Å². The second-order valence-electron chi connectivity index (χ2n) is 5.44. The van der Waals surface area contributed by atoms with Gasteiger partial charge in [-0.15, -0.1) is 0 Å². The van der Waals surface area contributed by atoms with Gasteiger partial charge in [-0.3, -0.25) is 14.4 Å². The third-order valence-corrected chi connectivity index (χ3v) is 4.56. The number of carbonyl (C=O) groups is 2. The average molecular weight is 423 g/mol. The smallest absolute Gasteiger partial charge is 0.418 e. The number of hydrogen-bond acceptors (Lipinski definition) is 5. The number of carbonyl (C=O) groups excluding carboxylic acids is 2. The highest BCUT2D eigenvalue weighted by Crippen LogP contribution is 2.36. The molecule has 2 aromatic rings. The van der Waals surface area contributed by atoms with Crippen molar-refractivity contribution in [2.45, 2.75) is 26.1 Å². The lowest BCUT2D eigenvalue weighted by Gasteiger charge is -2.14. The highest BCUT2D eigenvalue weighted by Gasteiger charge is 2.34. The summed E-state index contributed by atoms with van der Waals surface area (Å²) in [6.07, 6.45) is -4.87. The summed E-state index contributed by atoms with van der Waals surface area (Å²) in [4.78, 5) is 34.8. The number of amides is 1. The zero-order chi connectivity index (χ0) is 20.2. The van der Waals surface area contributed by atoms with Crippen LogP contribution >= 0.6 is 22.9 Å². The molecule has 0 unspecified atom stereocenters. The lowest BCUT2D eigenvalue weighted by atomic mass is 10.1. The Morgan fingerprint density at radius 2 is 2.04 bits per heavy atom. The van der Waals surface area contributed by atoms with E-state index in [2.05, 4.69) is 0 Å². The molecule has 0 atom stereocenters. The standard InChI is InChI=1S/C16H14ClF3N2O4S/c1-9-8-27-15(25)22(9)5-4-14(24)26-7-13(23)21-12-3-2-10(17)6-11(12)16(18,19)20/h2-3,6,8H,4-5,7H2,1H3,(H,21,23). The number of hydrogen-bond donors (Lipinski definition) is 1. The third kappa shape index (κ3) is 5.83. The number of ether oxygens (including phenoxy) is 1. The minimum Gasteiger partial charge on any atom is -0.456 e. The van der Waals surface area contributed by atoms with Gasteiger partial charge < -0.3 is 14.6 Å². The average Bonchev–Trinajstić information content (AvgIpc) is 2.90. The maximum Gasteiger partial charge on any atom is 0.418 e. The van der Waals surface area contributed by atoms with E-state index in [1.807, 2.05) is 5.32 Å². The number of esters is 1. The van der Waals surface area contributed by atoms with Crippen molar-refractivity contribution < 1.29 is 27.5 Å². The summed E-state index contributed by atoms with van der Waals surface area (Å²) in [6.45, 7) is 1.04. The Bertz CT molecular complexity index is 908. The van der Waals surface area contributed by atoms with Gasteiger partial charge in [-0.05, 0) is 25.1 Å². The van der Waals surface area contributed by atoms with Gasteiger partial charge in [-0.2, -0.15) is 13.2 Å². The predicted octanol–water partition coefficient (Wildman–Crippen LogP) is 3.46. The molecule has 0 spiro atoms. The Balaban J connectivity index is 1.89. The maximum atomic E-state index is 13.0. The minimum absolute atomic E-state index is 0.0873. The number of rotatable bonds is 6. The second kappa shape index (κ2) is 8.57. The molecule has 11 heteroatoms. The fourth-order valence-corrected chi connectivity index (χ4v) is 3.08. The Morgan fingerprint density at radius 1 is 1.33 bits per heavy atom. The molecule has 1 heterocycles. The van der Waals surface area contributed by atoms with Crippen molar-refractivity contribution in [1.29, 1.82) is 0 Å². The van der Waals surface area contributed by atoms with Crippen molar-refractivity contribution in [3.05, 3.63) is 49.5 Å². The van der Waals surface area contributed by atoms with E-state index in [1.165, 1.54) is 10.6 Å². The molecule has 0 saturated heterocycles. The van der Waals surface area contributed by atoms with Crippen LogP contribution in [0.15, 0.2) is 28.4 Å². The number of aromatic nitrogens is 1. The third-order valence-electron chi connectivity index (χ3n) is 3.44. The van der Waals surface area contributed by atoms with Gasteiger partial charge in [0.2, 0.25) is 0 Å². The second-order valence-corrected chi connectivity index (χ2v) is 6.70. The SMILES string of the molecule is Cc1csc(=O)n1CCC(=O)OCC(=O)Nc1ccc(Cl)cc1C(F)(F)F. The highest BCUT2D eigenvalue weighted by atomic mass is 35.5. The number of benzene rings is 1. The molecule has 0 aliphatic heterocycles. The van der Waals surface area contributed by atoms with Crippen molar-refractivity contribution in [2.75, 3.05) is 11.9 Å². The number of nitrogens with zero attached hydrogens (tertiary/aromatic N) is 1. The molecule has 1 amide bonds. The lowest BCUT2D eigenvalue weighted by Crippen LogP contribution is -2.24. The monoisotopic (exact) mass is 422 g/mol. The van der Waals surface area contributed by atoms with Crippen molar-refractivity contribution in [2.24, 2.45) is 0 Å². The van der Waals surface area contributed by atoms with Gasteiger partial charge >= 0.3 is 17.0 Å². The molecule has 0 fully saturated rings. The van der Waals surface area contributed by atoms with Crippen molar-refractivity contribution in [3.63, 3.8) is 0 Å². The van der Waals surface area contributed by atoms with Crippen LogP contribution in [0.5, 0.6) is 0 Å². The first-order chi connectivity index (χ1) is 12.6. The van der Waals surface area contributed by atoms with E-state index >= 15 is 0 Å². The number of alkyl halides is 3. The van der Waals surface area contributed by atoms with Gasteiger partial charge in [0.1, 0.15) is 0 Å². The van der Waals surface area contributed by atoms with Gasteiger partial charge in [0, 0.05) is 22.6 Å². The summed E-state index contributed by atoms with van der Waals surface area (Å²) in [5.74, 6) is -1.69. The Hall–Kier alpha value is -2.33. The quantitative estimate of drug-likeness (QED) is 0.723. The fraction of sp³-hybridized carbons (Fsp3) is 0.312. The summed E-state index contributed by atoms with van der Waals surface area (Å²) in [5.41, 5.74) is -0.909. The summed E-state index contributed by atoms with van der Waals surface area (Å²) in [6, 6.07) is 2.89. The van der Waals surface area contributed by atoms with E-state index in [1.54, 1.807) is 12.3 Å². The van der Waals surface area contributed by atoms with E-state index in [-0.39, 0.29) is 22.9 Å². The van der Waals surface area contributed by atoms with E-state index in [9.17, 15) is 27.6 Å². The van der Waals surface area contributed by atoms with Crippen LogP contribution in [0.2, 0.25) is 5.02 Å². The van der Waals surface area contributed by atoms with Crippen LogP contribution in [0.3, 0.4) is 0 Å². The van der Waals surface area contributed by atoms with Crippen LogP contribution in [0, 0.1) is 6.92 Å². The first-order valence-electron chi connectivity index (χ1n) is 7.55. The van der Waals surface area contributed by atoms with Gasteiger partial charge in [0.15, 0.2) is 6.61 Å². The number of halogens is 4. The van der Waals surface area contributed by atoms with Gasteiger partial charge in [-0.25, -0.2) is 0 Å². The molecule has 0 bridgehead atoms. The van der Waals surface area contributed by atoms with E-state index < -0.39 is 35.9 Å². The number of anilines is 1. The molecular formula is C16H14ClF3N2O4S. The molecule has 0 saturated carbocycles. The van der Waals surface area contributed by atoms with Crippen molar-refractivity contribution in [1.82, 2.24) is 4.57 Å². The molecule has 1 N–H and O–H groups in total. The van der Waals surface area contributed by atoms with Crippen LogP contribution in [0.25, 0.3) is 0 Å².